The Hall–Kier alpha value is -2.70. The highest BCUT2D eigenvalue weighted by molar-refractivity contribution is 5.78. The molecule has 0 fully saturated rings. The summed E-state index contributed by atoms with van der Waals surface area (Å²) in [4.78, 5) is 7.26. The van der Waals surface area contributed by atoms with Crippen LogP contribution < -0.4 is 10.1 Å². The SMILES string of the molecule is COc1cc(Nc2nc3ccccc3[nH]2)cc(C(F)(F)F)c1. The molecular formula is C15H12F3N3O. The molecule has 1 aromatic heterocycles. The highest BCUT2D eigenvalue weighted by atomic mass is 19.4. The smallest absolute Gasteiger partial charge is 0.416 e. The normalized spacial score (nSPS) is 11.6. The van der Waals surface area contributed by atoms with Gasteiger partial charge in [0.15, 0.2) is 0 Å². The van der Waals surface area contributed by atoms with Crippen molar-refractivity contribution < 1.29 is 17.9 Å². The van der Waals surface area contributed by atoms with E-state index in [1.165, 1.54) is 13.2 Å². The fraction of sp³-hybridized carbons (Fsp3) is 0.133. The Kier molecular flexibility index (Phi) is 3.40. The molecule has 0 aliphatic carbocycles. The molecule has 114 valence electrons. The lowest BCUT2D eigenvalue weighted by Gasteiger charge is -2.12. The first-order chi connectivity index (χ1) is 10.5. The Labute approximate surface area is 123 Å². The lowest BCUT2D eigenvalue weighted by Crippen LogP contribution is -2.06. The van der Waals surface area contributed by atoms with Crippen LogP contribution in [0.2, 0.25) is 0 Å². The number of imidazole rings is 1. The molecule has 0 atom stereocenters. The average Bonchev–Trinajstić information content (AvgIpc) is 2.88. The van der Waals surface area contributed by atoms with Gasteiger partial charge in [0, 0.05) is 11.8 Å². The quantitative estimate of drug-likeness (QED) is 0.757. The van der Waals surface area contributed by atoms with Crippen LogP contribution in [0, 0.1) is 0 Å². The number of aromatic amines is 1. The second-order valence-corrected chi connectivity index (χ2v) is 4.68. The molecule has 3 rings (SSSR count). The largest absolute Gasteiger partial charge is 0.497 e. The highest BCUT2D eigenvalue weighted by Gasteiger charge is 2.31. The Morgan fingerprint density at radius 1 is 1.14 bits per heavy atom. The predicted molar refractivity (Wildman–Crippen MR) is 77.4 cm³/mol. The molecule has 0 aliphatic heterocycles. The molecule has 2 N–H and O–H groups in total. The van der Waals surface area contributed by atoms with Crippen LogP contribution >= 0.6 is 0 Å². The minimum Gasteiger partial charge on any atom is -0.497 e. The Balaban J connectivity index is 1.97. The maximum atomic E-state index is 12.9. The third-order valence-electron chi connectivity index (χ3n) is 3.12. The summed E-state index contributed by atoms with van der Waals surface area (Å²) in [5.74, 6) is 0.482. The second kappa shape index (κ2) is 5.25. The summed E-state index contributed by atoms with van der Waals surface area (Å²) in [6, 6.07) is 10.8. The highest BCUT2D eigenvalue weighted by Crippen LogP contribution is 2.34. The minimum atomic E-state index is -4.45. The van der Waals surface area contributed by atoms with Gasteiger partial charge in [0.05, 0.1) is 23.7 Å². The number of benzene rings is 2. The third kappa shape index (κ3) is 2.83. The first kappa shape index (κ1) is 14.2. The van der Waals surface area contributed by atoms with Crippen LogP contribution in [-0.4, -0.2) is 17.1 Å². The first-order valence-electron chi connectivity index (χ1n) is 6.44. The number of para-hydroxylation sites is 2. The van der Waals surface area contributed by atoms with Crippen molar-refractivity contribution in [3.63, 3.8) is 0 Å². The monoisotopic (exact) mass is 307 g/mol. The number of nitrogens with one attached hydrogen (secondary N) is 2. The van der Waals surface area contributed by atoms with Crippen molar-refractivity contribution in [1.82, 2.24) is 9.97 Å². The maximum absolute atomic E-state index is 12.9. The van der Waals surface area contributed by atoms with Crippen LogP contribution in [0.25, 0.3) is 11.0 Å². The molecule has 0 bridgehead atoms. The van der Waals surface area contributed by atoms with Crippen molar-refractivity contribution in [1.29, 1.82) is 0 Å². The zero-order valence-electron chi connectivity index (χ0n) is 11.5. The molecule has 3 aromatic rings. The standard InChI is InChI=1S/C15H12F3N3O/c1-22-11-7-9(15(16,17)18)6-10(8-11)19-14-20-12-4-2-3-5-13(12)21-14/h2-8H,1H3,(H2,19,20,21). The van der Waals surface area contributed by atoms with Gasteiger partial charge < -0.3 is 15.0 Å². The van der Waals surface area contributed by atoms with Gasteiger partial charge in [-0.25, -0.2) is 4.98 Å². The van der Waals surface area contributed by atoms with Gasteiger partial charge in [0.1, 0.15) is 5.75 Å². The number of methoxy groups -OCH3 is 1. The van der Waals surface area contributed by atoms with Gasteiger partial charge in [-0.2, -0.15) is 13.2 Å². The van der Waals surface area contributed by atoms with Crippen molar-refractivity contribution in [2.75, 3.05) is 12.4 Å². The molecule has 0 spiro atoms. The van der Waals surface area contributed by atoms with Crippen LogP contribution in [0.4, 0.5) is 24.8 Å². The first-order valence-corrected chi connectivity index (χ1v) is 6.44. The predicted octanol–water partition coefficient (Wildman–Crippen LogP) is 4.33. The summed E-state index contributed by atoms with van der Waals surface area (Å²) in [5, 5.41) is 2.83. The number of hydrogen-bond donors (Lipinski definition) is 2. The van der Waals surface area contributed by atoms with Crippen molar-refractivity contribution in [2.45, 2.75) is 6.18 Å². The fourth-order valence-electron chi connectivity index (χ4n) is 2.10. The number of aromatic nitrogens is 2. The van der Waals surface area contributed by atoms with E-state index in [2.05, 4.69) is 15.3 Å². The van der Waals surface area contributed by atoms with Gasteiger partial charge >= 0.3 is 6.18 Å². The Morgan fingerprint density at radius 3 is 2.59 bits per heavy atom. The maximum Gasteiger partial charge on any atom is 0.416 e. The van der Waals surface area contributed by atoms with Gasteiger partial charge in [-0.3, -0.25) is 0 Å². The van der Waals surface area contributed by atoms with E-state index in [0.29, 0.717) is 5.95 Å². The average molecular weight is 307 g/mol. The second-order valence-electron chi connectivity index (χ2n) is 4.68. The number of anilines is 2. The number of ether oxygens (including phenoxy) is 1. The van der Waals surface area contributed by atoms with Crippen LogP contribution in [0.3, 0.4) is 0 Å². The van der Waals surface area contributed by atoms with Gasteiger partial charge in [0.2, 0.25) is 5.95 Å². The lowest BCUT2D eigenvalue weighted by atomic mass is 10.2. The van der Waals surface area contributed by atoms with Gasteiger partial charge in [-0.05, 0) is 24.3 Å². The molecule has 0 aliphatic rings. The molecule has 22 heavy (non-hydrogen) atoms. The molecule has 0 radical (unpaired) electrons. The van der Waals surface area contributed by atoms with Crippen LogP contribution in [0.1, 0.15) is 5.56 Å². The summed E-state index contributed by atoms with van der Waals surface area (Å²) >= 11 is 0. The summed E-state index contributed by atoms with van der Waals surface area (Å²) in [6.45, 7) is 0. The molecule has 4 nitrogen and oxygen atoms in total. The van der Waals surface area contributed by atoms with E-state index in [1.807, 2.05) is 24.3 Å². The Bertz CT molecular complexity index is 778. The summed E-state index contributed by atoms with van der Waals surface area (Å²) < 4.78 is 43.6. The lowest BCUT2D eigenvalue weighted by molar-refractivity contribution is -0.137. The summed E-state index contributed by atoms with van der Waals surface area (Å²) in [6.07, 6.45) is -4.45. The molecule has 0 unspecified atom stereocenters. The summed E-state index contributed by atoms with van der Waals surface area (Å²) in [5.41, 5.74) is 0.976. The van der Waals surface area contributed by atoms with Gasteiger partial charge in [-0.15, -0.1) is 0 Å². The molecule has 0 saturated carbocycles. The molecule has 7 heteroatoms. The van der Waals surface area contributed by atoms with E-state index in [9.17, 15) is 13.2 Å². The van der Waals surface area contributed by atoms with E-state index < -0.39 is 11.7 Å². The van der Waals surface area contributed by atoms with Crippen molar-refractivity contribution in [2.24, 2.45) is 0 Å². The van der Waals surface area contributed by atoms with Gasteiger partial charge in [-0.1, -0.05) is 12.1 Å². The van der Waals surface area contributed by atoms with Crippen molar-refractivity contribution in [3.05, 3.63) is 48.0 Å². The minimum absolute atomic E-state index is 0.119. The van der Waals surface area contributed by atoms with E-state index >= 15 is 0 Å². The fourth-order valence-corrected chi connectivity index (χ4v) is 2.10. The van der Waals surface area contributed by atoms with Crippen LogP contribution in [0.5, 0.6) is 5.75 Å². The zero-order valence-corrected chi connectivity index (χ0v) is 11.5. The zero-order chi connectivity index (χ0) is 15.7. The third-order valence-corrected chi connectivity index (χ3v) is 3.12. The van der Waals surface area contributed by atoms with Crippen molar-refractivity contribution in [3.8, 4) is 5.75 Å². The number of H-pyrrole nitrogens is 1. The van der Waals surface area contributed by atoms with Crippen molar-refractivity contribution >= 4 is 22.7 Å². The number of rotatable bonds is 3. The molecular weight excluding hydrogens is 295 g/mol. The number of hydrogen-bond acceptors (Lipinski definition) is 3. The number of nitrogens with zero attached hydrogens (tertiary/aromatic N) is 1. The molecule has 2 aromatic carbocycles. The summed E-state index contributed by atoms with van der Waals surface area (Å²) in [7, 11) is 1.32. The van der Waals surface area contributed by atoms with Crippen LogP contribution in [0.15, 0.2) is 42.5 Å². The number of alkyl halides is 3. The number of fused-ring (bicyclic) bond motifs is 1. The molecule has 0 saturated heterocycles. The Morgan fingerprint density at radius 2 is 1.91 bits per heavy atom. The topological polar surface area (TPSA) is 49.9 Å². The van der Waals surface area contributed by atoms with E-state index in [1.54, 1.807) is 0 Å². The molecule has 1 heterocycles. The van der Waals surface area contributed by atoms with E-state index in [0.717, 1.165) is 23.2 Å². The van der Waals surface area contributed by atoms with Crippen LogP contribution in [-0.2, 0) is 6.18 Å². The number of halogens is 3. The molecule has 0 amide bonds. The van der Waals surface area contributed by atoms with E-state index in [4.69, 9.17) is 4.74 Å². The van der Waals surface area contributed by atoms with Gasteiger partial charge in [0.25, 0.3) is 0 Å². The van der Waals surface area contributed by atoms with E-state index in [-0.39, 0.29) is 11.4 Å².